The number of rotatable bonds is 12. The number of nitrogens with zero attached hydrogens (tertiary/aromatic N) is 3. The highest BCUT2D eigenvalue weighted by atomic mass is 16.5. The third kappa shape index (κ3) is 6.27. The molecule has 4 amide bonds. The standard InChI is InChI=1S/C28H46N4O4/c1-10-13-22(21-16-14-20(4)15-17-21)29-26(35)32-24(34)28(11-2,12-3)25(32)36-27(5,6)23(33)31(9)19-18-30(7)8/h14-17,22,25H,10-13,18-19H2,1-9H3,(H,29,35)/t22-,25?/m1/s1. The minimum atomic E-state index is -1.21. The van der Waals surface area contributed by atoms with E-state index in [0.29, 0.717) is 19.4 Å². The van der Waals surface area contributed by atoms with Gasteiger partial charge in [0, 0.05) is 20.1 Å². The highest BCUT2D eigenvalue weighted by molar-refractivity contribution is 6.03. The Morgan fingerprint density at radius 3 is 2.17 bits per heavy atom. The van der Waals surface area contributed by atoms with E-state index in [4.69, 9.17) is 4.74 Å². The zero-order chi connectivity index (χ0) is 27.3. The van der Waals surface area contributed by atoms with Gasteiger partial charge in [0.25, 0.3) is 5.91 Å². The number of aryl methyl sites for hydroxylation is 1. The van der Waals surface area contributed by atoms with Crippen LogP contribution in [-0.4, -0.2) is 78.6 Å². The summed E-state index contributed by atoms with van der Waals surface area (Å²) in [5.74, 6) is -0.438. The molecule has 0 aromatic heterocycles. The topological polar surface area (TPSA) is 82.2 Å². The van der Waals surface area contributed by atoms with Crippen LogP contribution < -0.4 is 5.32 Å². The van der Waals surface area contributed by atoms with E-state index in [2.05, 4.69) is 12.2 Å². The predicted octanol–water partition coefficient (Wildman–Crippen LogP) is 4.34. The molecular weight excluding hydrogens is 456 g/mol. The number of nitrogens with one attached hydrogen (secondary N) is 1. The molecule has 1 N–H and O–H groups in total. The first-order valence-electron chi connectivity index (χ1n) is 13.1. The first-order chi connectivity index (χ1) is 16.8. The summed E-state index contributed by atoms with van der Waals surface area (Å²) in [6.45, 7) is 12.6. The van der Waals surface area contributed by atoms with Gasteiger partial charge in [0.2, 0.25) is 5.91 Å². The van der Waals surface area contributed by atoms with Crippen molar-refractivity contribution in [1.82, 2.24) is 20.0 Å². The highest BCUT2D eigenvalue weighted by Crippen LogP contribution is 2.47. The maximum atomic E-state index is 13.5. The molecule has 202 valence electrons. The summed E-state index contributed by atoms with van der Waals surface area (Å²) in [7, 11) is 5.66. The van der Waals surface area contributed by atoms with Gasteiger partial charge in [0.15, 0.2) is 6.23 Å². The lowest BCUT2D eigenvalue weighted by Gasteiger charge is -2.55. The quantitative estimate of drug-likeness (QED) is 0.430. The number of benzene rings is 1. The second kappa shape index (κ2) is 12.2. The SMILES string of the molecule is CCC[C@@H](NC(=O)N1C(=O)C(CC)(CC)C1OC(C)(C)C(=O)N(C)CCN(C)C)c1ccc(C)cc1. The zero-order valence-corrected chi connectivity index (χ0v) is 23.7. The van der Waals surface area contributed by atoms with Gasteiger partial charge in [-0.25, -0.2) is 9.69 Å². The zero-order valence-electron chi connectivity index (χ0n) is 23.7. The Morgan fingerprint density at radius 1 is 1.08 bits per heavy atom. The van der Waals surface area contributed by atoms with Crippen molar-refractivity contribution in [2.24, 2.45) is 5.41 Å². The van der Waals surface area contributed by atoms with Gasteiger partial charge in [-0.15, -0.1) is 0 Å². The van der Waals surface area contributed by atoms with Gasteiger partial charge in [-0.2, -0.15) is 0 Å². The molecule has 1 aliphatic heterocycles. The van der Waals surface area contributed by atoms with Gasteiger partial charge in [-0.1, -0.05) is 57.0 Å². The molecule has 36 heavy (non-hydrogen) atoms. The molecule has 0 bridgehead atoms. The second-order valence-corrected chi connectivity index (χ2v) is 10.8. The van der Waals surface area contributed by atoms with Gasteiger partial charge >= 0.3 is 6.03 Å². The average Bonchev–Trinajstić information content (AvgIpc) is 2.82. The summed E-state index contributed by atoms with van der Waals surface area (Å²) in [4.78, 5) is 44.9. The van der Waals surface area contributed by atoms with Crippen LogP contribution in [0.5, 0.6) is 0 Å². The fraction of sp³-hybridized carbons (Fsp3) is 0.679. The summed E-state index contributed by atoms with van der Waals surface area (Å²) in [5, 5.41) is 3.06. The number of ether oxygens (including phenoxy) is 1. The molecule has 2 atom stereocenters. The molecule has 0 saturated carbocycles. The van der Waals surface area contributed by atoms with Gasteiger partial charge in [-0.3, -0.25) is 9.59 Å². The Kier molecular flexibility index (Phi) is 10.1. The Bertz CT molecular complexity index is 909. The minimum Gasteiger partial charge on any atom is -0.342 e. The lowest BCUT2D eigenvalue weighted by atomic mass is 9.71. The van der Waals surface area contributed by atoms with Crippen molar-refractivity contribution in [3.05, 3.63) is 35.4 Å². The summed E-state index contributed by atoms with van der Waals surface area (Å²) >= 11 is 0. The Labute approximate surface area is 217 Å². The van der Waals surface area contributed by atoms with E-state index in [1.165, 1.54) is 4.90 Å². The lowest BCUT2D eigenvalue weighted by Crippen LogP contribution is -2.74. The fourth-order valence-electron chi connectivity index (χ4n) is 4.77. The van der Waals surface area contributed by atoms with Crippen LogP contribution in [0.2, 0.25) is 0 Å². The summed E-state index contributed by atoms with van der Waals surface area (Å²) in [6, 6.07) is 7.36. The van der Waals surface area contributed by atoms with Crippen LogP contribution in [0, 0.1) is 12.3 Å². The highest BCUT2D eigenvalue weighted by Gasteiger charge is 2.63. The number of hydrogen-bond acceptors (Lipinski definition) is 5. The van der Waals surface area contributed by atoms with Crippen molar-refractivity contribution in [2.75, 3.05) is 34.2 Å². The van der Waals surface area contributed by atoms with E-state index >= 15 is 0 Å². The maximum absolute atomic E-state index is 13.5. The summed E-state index contributed by atoms with van der Waals surface area (Å²) < 4.78 is 6.37. The van der Waals surface area contributed by atoms with E-state index in [1.807, 2.05) is 64.0 Å². The number of imide groups is 1. The number of carbonyl (C=O) groups excluding carboxylic acids is 3. The van der Waals surface area contributed by atoms with E-state index in [0.717, 1.165) is 30.5 Å². The molecule has 1 aromatic rings. The summed E-state index contributed by atoms with van der Waals surface area (Å²) in [5.41, 5.74) is 0.1000. The van der Waals surface area contributed by atoms with Crippen molar-refractivity contribution in [2.45, 2.75) is 85.1 Å². The molecule has 1 unspecified atom stereocenters. The molecule has 0 spiro atoms. The largest absolute Gasteiger partial charge is 0.342 e. The predicted molar refractivity (Wildman–Crippen MR) is 142 cm³/mol. The lowest BCUT2D eigenvalue weighted by molar-refractivity contribution is -0.237. The number of urea groups is 1. The minimum absolute atomic E-state index is 0.186. The van der Waals surface area contributed by atoms with Crippen LogP contribution in [0.25, 0.3) is 0 Å². The summed E-state index contributed by atoms with van der Waals surface area (Å²) in [6.07, 6.45) is 1.85. The van der Waals surface area contributed by atoms with Crippen LogP contribution in [0.4, 0.5) is 4.79 Å². The normalized spacial score (nSPS) is 18.1. The maximum Gasteiger partial charge on any atom is 0.326 e. The van der Waals surface area contributed by atoms with Crippen molar-refractivity contribution < 1.29 is 19.1 Å². The van der Waals surface area contributed by atoms with Gasteiger partial charge in [-0.05, 0) is 59.7 Å². The fourth-order valence-corrected chi connectivity index (χ4v) is 4.77. The van der Waals surface area contributed by atoms with Crippen LogP contribution >= 0.6 is 0 Å². The number of likely N-dealkylation sites (tertiary alicyclic amines) is 1. The van der Waals surface area contributed by atoms with E-state index in [-0.39, 0.29) is 17.9 Å². The van der Waals surface area contributed by atoms with Gasteiger partial charge in [0.1, 0.15) is 5.60 Å². The van der Waals surface area contributed by atoms with Crippen molar-refractivity contribution in [3.63, 3.8) is 0 Å². The van der Waals surface area contributed by atoms with Gasteiger partial charge in [0.05, 0.1) is 11.5 Å². The van der Waals surface area contributed by atoms with E-state index < -0.39 is 23.3 Å². The molecule has 1 fully saturated rings. The number of β-lactam (4-membered cyclic amide) rings is 1. The number of amides is 4. The monoisotopic (exact) mass is 502 g/mol. The van der Waals surface area contributed by atoms with Crippen molar-refractivity contribution in [3.8, 4) is 0 Å². The van der Waals surface area contributed by atoms with E-state index in [9.17, 15) is 14.4 Å². The molecule has 1 saturated heterocycles. The molecule has 1 aromatic carbocycles. The Balaban J connectivity index is 2.27. The molecule has 8 nitrogen and oxygen atoms in total. The first kappa shape index (κ1) is 29.8. The third-order valence-corrected chi connectivity index (χ3v) is 7.34. The first-order valence-corrected chi connectivity index (χ1v) is 13.1. The molecule has 1 aliphatic rings. The van der Waals surface area contributed by atoms with E-state index in [1.54, 1.807) is 25.8 Å². The van der Waals surface area contributed by atoms with Crippen LogP contribution in [0.15, 0.2) is 24.3 Å². The van der Waals surface area contributed by atoms with Crippen molar-refractivity contribution >= 4 is 17.8 Å². The average molecular weight is 503 g/mol. The van der Waals surface area contributed by atoms with Crippen molar-refractivity contribution in [1.29, 1.82) is 0 Å². The molecule has 0 aliphatic carbocycles. The Hall–Kier alpha value is -2.45. The number of hydrogen-bond donors (Lipinski definition) is 1. The molecular formula is C28H46N4O4. The Morgan fingerprint density at radius 2 is 1.67 bits per heavy atom. The van der Waals surface area contributed by atoms with Gasteiger partial charge < -0.3 is 19.9 Å². The number of carbonyl (C=O) groups is 3. The molecule has 0 radical (unpaired) electrons. The molecule has 1 heterocycles. The van der Waals surface area contributed by atoms with Crippen LogP contribution in [0.1, 0.15) is 77.5 Å². The number of likely N-dealkylation sites (N-methyl/N-ethyl adjacent to an activating group) is 2. The second-order valence-electron chi connectivity index (χ2n) is 10.8. The smallest absolute Gasteiger partial charge is 0.326 e. The third-order valence-electron chi connectivity index (χ3n) is 7.34. The van der Waals surface area contributed by atoms with Crippen LogP contribution in [0.3, 0.4) is 0 Å². The van der Waals surface area contributed by atoms with Crippen LogP contribution in [-0.2, 0) is 14.3 Å². The molecule has 8 heteroatoms. The molecule has 2 rings (SSSR count).